The lowest BCUT2D eigenvalue weighted by molar-refractivity contribution is 0.0916. The number of halogens is 2. The highest BCUT2D eigenvalue weighted by molar-refractivity contribution is 9.10. The molecule has 4 aromatic carbocycles. The molecule has 10 heterocycles. The van der Waals surface area contributed by atoms with Gasteiger partial charge in [-0.05, 0) is 230 Å². The molecule has 14 aromatic rings. The van der Waals surface area contributed by atoms with Crippen LogP contribution < -0.4 is 0 Å². The molecule has 0 fully saturated rings. The van der Waals surface area contributed by atoms with Crippen LogP contribution in [0.4, 0.5) is 0 Å². The van der Waals surface area contributed by atoms with Crippen molar-refractivity contribution >= 4 is 141 Å². The van der Waals surface area contributed by atoms with Crippen molar-refractivity contribution in [3.05, 3.63) is 275 Å². The molecule has 4 atom stereocenters. The second-order valence-electron chi connectivity index (χ2n) is 24.6. The molecular weight excluding hydrogens is 1350 g/mol. The third kappa shape index (κ3) is 10.5. The number of nitrogens with one attached hydrogen (secondary N) is 6. The molecular formula is C76H66Br2N6O4S4. The van der Waals surface area contributed by atoms with Gasteiger partial charge in [-0.15, -0.1) is 45.3 Å². The van der Waals surface area contributed by atoms with Gasteiger partial charge in [0.15, 0.2) is 23.1 Å². The van der Waals surface area contributed by atoms with E-state index in [1.165, 1.54) is 9.40 Å². The van der Waals surface area contributed by atoms with E-state index in [-0.39, 0.29) is 59.6 Å². The zero-order chi connectivity index (χ0) is 64.3. The maximum Gasteiger partial charge on any atom is 0.165 e. The highest BCUT2D eigenvalue weighted by Crippen LogP contribution is 2.48. The minimum atomic E-state index is -0.350. The van der Waals surface area contributed by atoms with Gasteiger partial charge in [-0.2, -0.15) is 0 Å². The lowest BCUT2D eigenvalue weighted by atomic mass is 9.88. The number of aromatic nitrogens is 6. The average molecular weight is 1420 g/mol. The van der Waals surface area contributed by atoms with Crippen LogP contribution in [0, 0.1) is 55.4 Å². The fourth-order valence-corrected chi connectivity index (χ4v) is 19.6. The molecule has 10 nitrogen and oxygen atoms in total. The van der Waals surface area contributed by atoms with Crippen LogP contribution in [0.1, 0.15) is 205 Å². The van der Waals surface area contributed by atoms with Gasteiger partial charge in [0.2, 0.25) is 0 Å². The fourth-order valence-electron chi connectivity index (χ4n) is 15.0. The number of ketones is 4. The zero-order valence-electron chi connectivity index (χ0n) is 52.4. The van der Waals surface area contributed by atoms with Gasteiger partial charge >= 0.3 is 0 Å². The van der Waals surface area contributed by atoms with Gasteiger partial charge < -0.3 is 29.9 Å². The highest BCUT2D eigenvalue weighted by atomic mass is 79.9. The van der Waals surface area contributed by atoms with Gasteiger partial charge in [-0.25, -0.2) is 0 Å². The van der Waals surface area contributed by atoms with Gasteiger partial charge in [0.05, 0.1) is 23.7 Å². The molecule has 0 aliphatic heterocycles. The van der Waals surface area contributed by atoms with Crippen molar-refractivity contribution in [3.63, 3.8) is 0 Å². The Kier molecular flexibility index (Phi) is 16.2. The van der Waals surface area contributed by atoms with Crippen LogP contribution in [0.15, 0.2) is 140 Å². The summed E-state index contributed by atoms with van der Waals surface area (Å²) in [6, 6.07) is 38.4. The van der Waals surface area contributed by atoms with Gasteiger partial charge in [0.25, 0.3) is 0 Å². The number of carbonyl (C=O) groups excluding carboxylic acids is 4. The second kappa shape index (κ2) is 24.2. The Morgan fingerprint density at radius 3 is 0.957 bits per heavy atom. The van der Waals surface area contributed by atoms with Crippen molar-refractivity contribution in [2.24, 2.45) is 0 Å². The van der Waals surface area contributed by atoms with E-state index in [0.29, 0.717) is 16.7 Å². The van der Waals surface area contributed by atoms with Gasteiger partial charge in [0.1, 0.15) is 0 Å². The molecule has 6 N–H and O–H groups in total. The summed E-state index contributed by atoms with van der Waals surface area (Å²) < 4.78 is 6.62. The third-order valence-electron chi connectivity index (χ3n) is 19.0. The van der Waals surface area contributed by atoms with Crippen molar-refractivity contribution in [2.75, 3.05) is 0 Å². The number of hydrogen-bond donors (Lipinski definition) is 6. The first-order valence-electron chi connectivity index (χ1n) is 30.7. The topological polar surface area (TPSA) is 163 Å². The van der Waals surface area contributed by atoms with E-state index in [1.807, 2.05) is 55.4 Å². The van der Waals surface area contributed by atoms with Crippen LogP contribution in [0.2, 0.25) is 0 Å². The molecule has 16 heteroatoms. The van der Waals surface area contributed by atoms with Gasteiger partial charge in [0, 0.05) is 131 Å². The third-order valence-corrected chi connectivity index (χ3v) is 23.9. The zero-order valence-corrected chi connectivity index (χ0v) is 58.9. The smallest absolute Gasteiger partial charge is 0.165 e. The predicted molar refractivity (Wildman–Crippen MR) is 387 cm³/mol. The van der Waals surface area contributed by atoms with Crippen LogP contribution in [-0.2, 0) is 0 Å². The first-order valence-corrected chi connectivity index (χ1v) is 35.8. The van der Waals surface area contributed by atoms with Crippen molar-refractivity contribution < 1.29 is 19.2 Å². The molecule has 10 aromatic heterocycles. The summed E-state index contributed by atoms with van der Waals surface area (Å²) in [7, 11) is 0. The summed E-state index contributed by atoms with van der Waals surface area (Å²) in [5.41, 5.74) is 21.4. The van der Waals surface area contributed by atoms with Crippen LogP contribution in [-0.4, -0.2) is 53.0 Å². The van der Waals surface area contributed by atoms with Crippen molar-refractivity contribution in [2.45, 2.75) is 106 Å². The van der Waals surface area contributed by atoms with E-state index in [4.69, 9.17) is 0 Å². The number of rotatable bonds is 19. The Bertz CT molecular complexity index is 5310. The molecule has 92 heavy (non-hydrogen) atoms. The largest absolute Gasteiger partial charge is 0.361 e. The molecule has 0 saturated heterocycles. The lowest BCUT2D eigenvalue weighted by Crippen LogP contribution is -2.10. The Morgan fingerprint density at radius 2 is 0.641 bits per heavy atom. The molecule has 0 aliphatic carbocycles. The first-order chi connectivity index (χ1) is 44.3. The highest BCUT2D eigenvalue weighted by Gasteiger charge is 2.35. The van der Waals surface area contributed by atoms with Crippen molar-refractivity contribution in [1.29, 1.82) is 0 Å². The van der Waals surface area contributed by atoms with Crippen molar-refractivity contribution in [3.8, 4) is 0 Å². The molecule has 0 amide bonds. The van der Waals surface area contributed by atoms with Crippen LogP contribution in [0.3, 0.4) is 0 Å². The Balaban J connectivity index is 0.807. The molecule has 0 radical (unpaired) electrons. The van der Waals surface area contributed by atoms with E-state index in [2.05, 4.69) is 192 Å². The van der Waals surface area contributed by atoms with E-state index in [9.17, 15) is 9.59 Å². The summed E-state index contributed by atoms with van der Waals surface area (Å²) >= 11 is 14.4. The molecule has 462 valence electrons. The lowest BCUT2D eigenvalue weighted by Gasteiger charge is -2.19. The van der Waals surface area contributed by atoms with Gasteiger partial charge in [-0.3, -0.25) is 19.2 Å². The normalized spacial score (nSPS) is 13.3. The number of Topliss-reactive ketones (excluding diaryl/α,β-unsaturated/α-hetero) is 4. The number of hydrogen-bond acceptors (Lipinski definition) is 8. The molecule has 0 saturated carbocycles. The number of fused-ring (bicyclic) bond motifs is 4. The molecule has 0 bridgehead atoms. The van der Waals surface area contributed by atoms with E-state index in [1.54, 1.807) is 59.2 Å². The SMILES string of the molecule is CC(=O)c1c(C)[nH]c(C(c2ccc(C(c3[nH]c(C)c(C(=O)CCC(=O)c4c(C)[nH]c(C(c5ccc(C(c6[nH]c(C)c(C(C)=O)c6C)c6csc7ccc(Br)cc67)[nH]5)c5csc6ccc(Br)cc56)c4C)c3C)c3csc4ccccc34)[nH]2)c2csc3ccccc23)c1C. The van der Waals surface area contributed by atoms with E-state index >= 15 is 9.59 Å². The maximum absolute atomic E-state index is 15.1. The number of thiophene rings is 4. The minimum absolute atomic E-state index is 0.0205. The van der Waals surface area contributed by atoms with Crippen LogP contribution >= 0.6 is 77.2 Å². The number of carbonyl (C=O) groups is 4. The number of aromatic amines is 6. The van der Waals surface area contributed by atoms with E-state index < -0.39 is 0 Å². The minimum Gasteiger partial charge on any atom is -0.361 e. The summed E-state index contributed by atoms with van der Waals surface area (Å²) in [4.78, 5) is 79.2. The van der Waals surface area contributed by atoms with Gasteiger partial charge in [-0.1, -0.05) is 68.3 Å². The molecule has 0 spiro atoms. The Morgan fingerprint density at radius 1 is 0.359 bits per heavy atom. The summed E-state index contributed by atoms with van der Waals surface area (Å²) in [6.45, 7) is 19.3. The Hall–Kier alpha value is -7.96. The Labute approximate surface area is 565 Å². The molecule has 14 rings (SSSR count). The number of aryl methyl sites for hydroxylation is 4. The standard InChI is InChI=1S/C76H66Br2N6O4S4/c1-35-65(43(9)85)39(5)79-73(35)69(51-31-89-61-17-13-11-15-47(51)61)55-21-22-56(83-55)70(52-32-90-62-18-14-12-16-48(52)62)75-37(3)67(41(7)81-75)59(87)25-26-60(88)68-38(4)76(82-42(68)8)72(54-34-92-64-28-20-46(78)30-50(54)64)58-24-23-57(84-58)71(74-36(2)66(44(10)86)40(6)80-74)53-33-91-63-27-19-45(77)29-49(53)63/h11-24,27-34,69-72,79-84H,25-26H2,1-10H3. The van der Waals surface area contributed by atoms with Crippen LogP contribution in [0.25, 0.3) is 40.3 Å². The van der Waals surface area contributed by atoms with Crippen LogP contribution in [0.5, 0.6) is 0 Å². The fraction of sp³-hybridized carbons (Fsp3) is 0.211. The quantitative estimate of drug-likeness (QED) is 0.0445. The summed E-state index contributed by atoms with van der Waals surface area (Å²) in [6.07, 6.45) is 0.0424. The number of benzene rings is 4. The monoisotopic (exact) mass is 1410 g/mol. The predicted octanol–water partition coefficient (Wildman–Crippen LogP) is 21.5. The summed E-state index contributed by atoms with van der Waals surface area (Å²) in [5.74, 6) is -1.33. The molecule has 4 unspecified atom stereocenters. The maximum atomic E-state index is 15.1. The van der Waals surface area contributed by atoms with Crippen molar-refractivity contribution in [1.82, 2.24) is 29.9 Å². The first kappa shape index (κ1) is 61.5. The molecule has 0 aliphatic rings. The second-order valence-corrected chi connectivity index (χ2v) is 30.1. The van der Waals surface area contributed by atoms with E-state index in [0.717, 1.165) is 158 Å². The average Bonchev–Trinajstić information content (AvgIpc) is 1.62. The number of H-pyrrole nitrogens is 6. The summed E-state index contributed by atoms with van der Waals surface area (Å²) in [5, 5.41) is 13.5.